The van der Waals surface area contributed by atoms with Crippen LogP contribution in [0.2, 0.25) is 0 Å². The summed E-state index contributed by atoms with van der Waals surface area (Å²) in [5, 5.41) is 18.6. The van der Waals surface area contributed by atoms with E-state index >= 15 is 0 Å². The van der Waals surface area contributed by atoms with Crippen LogP contribution in [-0.2, 0) is 6.54 Å². The van der Waals surface area contributed by atoms with Gasteiger partial charge in [0.25, 0.3) is 0 Å². The molecule has 0 atom stereocenters. The number of aliphatic hydroxyl groups is 1. The molecule has 100 valence electrons. The molecule has 0 spiro atoms. The van der Waals surface area contributed by atoms with Gasteiger partial charge in [-0.25, -0.2) is 4.79 Å². The summed E-state index contributed by atoms with van der Waals surface area (Å²) in [5.74, 6) is -1.01. The number of hydrogen-bond donors (Lipinski definition) is 2. The Hall–Kier alpha value is -2.14. The summed E-state index contributed by atoms with van der Waals surface area (Å²) in [6.45, 7) is 2.48. The summed E-state index contributed by atoms with van der Waals surface area (Å²) in [5.41, 5.74) is 2.30. The van der Waals surface area contributed by atoms with E-state index in [4.69, 9.17) is 10.2 Å². The molecule has 0 aliphatic heterocycles. The second-order valence-corrected chi connectivity index (χ2v) is 4.47. The van der Waals surface area contributed by atoms with Crippen molar-refractivity contribution in [1.29, 1.82) is 0 Å². The van der Waals surface area contributed by atoms with Gasteiger partial charge >= 0.3 is 5.97 Å². The maximum atomic E-state index is 11.1. The molecule has 0 bridgehead atoms. The number of aliphatic hydroxyl groups excluding tert-OH is 1. The topological polar surface area (TPSA) is 79.5 Å². The predicted molar refractivity (Wildman–Crippen MR) is 70.7 cm³/mol. The molecule has 1 aromatic heterocycles. The second kappa shape index (κ2) is 5.24. The fraction of sp³-hybridized carbons (Fsp3) is 0.286. The Kier molecular flexibility index (Phi) is 3.66. The quantitative estimate of drug-likeness (QED) is 0.805. The minimum atomic E-state index is -1.01. The second-order valence-electron chi connectivity index (χ2n) is 4.47. The number of hydrogen-bond acceptors (Lipinski definition) is 3. The van der Waals surface area contributed by atoms with Gasteiger partial charge in [-0.15, -0.1) is 0 Å². The molecule has 2 N–H and O–H groups in total. The zero-order chi connectivity index (χ0) is 14.0. The van der Waals surface area contributed by atoms with E-state index in [0.717, 1.165) is 17.4 Å². The normalized spacial score (nSPS) is 10.8. The monoisotopic (exact) mass is 261 g/mol. The fourth-order valence-electron chi connectivity index (χ4n) is 2.32. The molecule has 0 fully saturated rings. The average molecular weight is 261 g/mol. The van der Waals surface area contributed by atoms with Crippen LogP contribution < -0.4 is 0 Å². The maximum Gasteiger partial charge on any atom is 0.335 e. The summed E-state index contributed by atoms with van der Waals surface area (Å²) in [7, 11) is 0. The highest BCUT2D eigenvalue weighted by Crippen LogP contribution is 2.26. The standard InChI is InChI=1S/C14H15NO4/c1-9-5-10(14(18)19)6-12-11(8-17)7-15(13(9)12)3-2-4-16/h5-8,16H,2-4H2,1H3,(H,18,19). The van der Waals surface area contributed by atoms with E-state index in [1.165, 1.54) is 6.07 Å². The number of fused-ring (bicyclic) bond motifs is 1. The van der Waals surface area contributed by atoms with Crippen molar-refractivity contribution in [3.05, 3.63) is 35.0 Å². The van der Waals surface area contributed by atoms with Crippen molar-refractivity contribution in [2.24, 2.45) is 0 Å². The molecular weight excluding hydrogens is 246 g/mol. The predicted octanol–water partition coefficient (Wildman–Crippen LogP) is 1.84. The van der Waals surface area contributed by atoms with E-state index in [-0.39, 0.29) is 12.2 Å². The van der Waals surface area contributed by atoms with E-state index < -0.39 is 5.97 Å². The van der Waals surface area contributed by atoms with Gasteiger partial charge in [-0.2, -0.15) is 0 Å². The van der Waals surface area contributed by atoms with Crippen LogP contribution in [0.15, 0.2) is 18.3 Å². The van der Waals surface area contributed by atoms with E-state index in [1.54, 1.807) is 12.3 Å². The zero-order valence-corrected chi connectivity index (χ0v) is 10.6. The van der Waals surface area contributed by atoms with Crippen molar-refractivity contribution >= 4 is 23.2 Å². The molecule has 2 aromatic rings. The summed E-state index contributed by atoms with van der Waals surface area (Å²) < 4.78 is 1.89. The van der Waals surface area contributed by atoms with Crippen LogP contribution in [-0.4, -0.2) is 33.6 Å². The number of benzene rings is 1. The summed E-state index contributed by atoms with van der Waals surface area (Å²) >= 11 is 0. The Morgan fingerprint density at radius 2 is 2.16 bits per heavy atom. The van der Waals surface area contributed by atoms with Crippen molar-refractivity contribution in [3.8, 4) is 0 Å². The molecule has 2 rings (SSSR count). The first kappa shape index (κ1) is 13.3. The van der Waals surface area contributed by atoms with E-state index in [9.17, 15) is 9.59 Å². The lowest BCUT2D eigenvalue weighted by atomic mass is 10.1. The fourth-order valence-corrected chi connectivity index (χ4v) is 2.32. The van der Waals surface area contributed by atoms with Gasteiger partial charge in [0.05, 0.1) is 11.1 Å². The lowest BCUT2D eigenvalue weighted by Gasteiger charge is -2.07. The number of aromatic nitrogens is 1. The SMILES string of the molecule is Cc1cc(C(=O)O)cc2c(C=O)cn(CCCO)c12. The number of aldehydes is 1. The number of nitrogens with zero attached hydrogens (tertiary/aromatic N) is 1. The van der Waals surface area contributed by atoms with E-state index in [1.807, 2.05) is 11.5 Å². The first-order valence-electron chi connectivity index (χ1n) is 6.01. The number of carbonyl (C=O) groups is 2. The number of carboxylic acid groups (broad SMARTS) is 1. The molecule has 19 heavy (non-hydrogen) atoms. The molecule has 0 aliphatic carbocycles. The number of carboxylic acids is 1. The van der Waals surface area contributed by atoms with Gasteiger partial charge in [0.2, 0.25) is 0 Å². The minimum absolute atomic E-state index is 0.0718. The number of carbonyl (C=O) groups excluding carboxylic acids is 1. The molecule has 0 radical (unpaired) electrons. The highest BCUT2D eigenvalue weighted by Gasteiger charge is 2.14. The Labute approximate surface area is 110 Å². The average Bonchev–Trinajstić information content (AvgIpc) is 2.74. The molecule has 0 saturated carbocycles. The molecule has 0 unspecified atom stereocenters. The van der Waals surface area contributed by atoms with Crippen LogP contribution >= 0.6 is 0 Å². The highest BCUT2D eigenvalue weighted by atomic mass is 16.4. The number of rotatable bonds is 5. The van der Waals surface area contributed by atoms with Crippen molar-refractivity contribution in [2.75, 3.05) is 6.61 Å². The van der Waals surface area contributed by atoms with Crippen molar-refractivity contribution < 1.29 is 19.8 Å². The van der Waals surface area contributed by atoms with Crippen LogP contribution in [0.25, 0.3) is 10.9 Å². The third-order valence-corrected chi connectivity index (χ3v) is 3.12. The van der Waals surface area contributed by atoms with Crippen LogP contribution in [0.5, 0.6) is 0 Å². The Balaban J connectivity index is 2.67. The van der Waals surface area contributed by atoms with Gasteiger partial charge in [0.1, 0.15) is 0 Å². The van der Waals surface area contributed by atoms with Crippen LogP contribution in [0.4, 0.5) is 0 Å². The van der Waals surface area contributed by atoms with E-state index in [2.05, 4.69) is 0 Å². The molecule has 0 amide bonds. The Morgan fingerprint density at radius 1 is 1.42 bits per heavy atom. The third-order valence-electron chi connectivity index (χ3n) is 3.12. The Bertz CT molecular complexity index is 642. The summed E-state index contributed by atoms with van der Waals surface area (Å²) in [6, 6.07) is 3.11. The van der Waals surface area contributed by atoms with Crippen molar-refractivity contribution in [2.45, 2.75) is 19.9 Å². The van der Waals surface area contributed by atoms with Gasteiger partial charge in [0, 0.05) is 30.3 Å². The molecule has 1 heterocycles. The summed E-state index contributed by atoms with van der Waals surface area (Å²) in [4.78, 5) is 22.1. The maximum absolute atomic E-state index is 11.1. The molecule has 5 heteroatoms. The van der Waals surface area contributed by atoms with E-state index in [0.29, 0.717) is 23.9 Å². The first-order valence-corrected chi connectivity index (χ1v) is 6.01. The van der Waals surface area contributed by atoms with Crippen LogP contribution in [0, 0.1) is 6.92 Å². The van der Waals surface area contributed by atoms with Crippen molar-refractivity contribution in [1.82, 2.24) is 4.57 Å². The molecule has 1 aromatic carbocycles. The number of aromatic carboxylic acids is 1. The lowest BCUT2D eigenvalue weighted by Crippen LogP contribution is -2.01. The molecule has 5 nitrogen and oxygen atoms in total. The van der Waals surface area contributed by atoms with Crippen molar-refractivity contribution in [3.63, 3.8) is 0 Å². The summed E-state index contributed by atoms with van der Waals surface area (Å²) in [6.07, 6.45) is 3.01. The van der Waals surface area contributed by atoms with Gasteiger partial charge in [-0.3, -0.25) is 4.79 Å². The van der Waals surface area contributed by atoms with Crippen LogP contribution in [0.1, 0.15) is 32.7 Å². The van der Waals surface area contributed by atoms with Crippen LogP contribution in [0.3, 0.4) is 0 Å². The first-order chi connectivity index (χ1) is 9.08. The lowest BCUT2D eigenvalue weighted by molar-refractivity contribution is 0.0696. The minimum Gasteiger partial charge on any atom is -0.478 e. The van der Waals surface area contributed by atoms with Gasteiger partial charge < -0.3 is 14.8 Å². The Morgan fingerprint density at radius 3 is 2.74 bits per heavy atom. The third kappa shape index (κ3) is 2.37. The van der Waals surface area contributed by atoms with Gasteiger partial charge in [-0.1, -0.05) is 0 Å². The smallest absolute Gasteiger partial charge is 0.335 e. The highest BCUT2D eigenvalue weighted by molar-refractivity contribution is 6.02. The van der Waals surface area contributed by atoms with Gasteiger partial charge in [0.15, 0.2) is 6.29 Å². The van der Waals surface area contributed by atoms with Gasteiger partial charge in [-0.05, 0) is 31.0 Å². The molecule has 0 saturated heterocycles. The molecule has 0 aliphatic rings. The largest absolute Gasteiger partial charge is 0.478 e. The zero-order valence-electron chi connectivity index (χ0n) is 10.6. The number of aryl methyl sites for hydroxylation is 2. The molecular formula is C14H15NO4.